The van der Waals surface area contributed by atoms with E-state index in [9.17, 15) is 0 Å². The van der Waals surface area contributed by atoms with Gasteiger partial charge in [0.1, 0.15) is 0 Å². The van der Waals surface area contributed by atoms with Gasteiger partial charge in [0, 0.05) is 13.2 Å². The summed E-state index contributed by atoms with van der Waals surface area (Å²) in [7, 11) is 0. The fraction of sp³-hybridized carbons (Fsp3) is 1.00. The highest BCUT2D eigenvalue weighted by atomic mass is 16.5. The fourth-order valence-electron chi connectivity index (χ4n) is 1.80. The molecule has 1 aliphatic carbocycles. The molecule has 0 aromatic heterocycles. The first kappa shape index (κ1) is 9.05. The van der Waals surface area contributed by atoms with Crippen LogP contribution in [0.25, 0.3) is 0 Å². The van der Waals surface area contributed by atoms with E-state index in [1.165, 1.54) is 32.1 Å². The molecule has 0 N–H and O–H groups in total. The highest BCUT2D eigenvalue weighted by Gasteiger charge is 2.13. The average molecular weight is 156 g/mol. The highest BCUT2D eigenvalue weighted by molar-refractivity contribution is 4.66. The molecule has 0 spiro atoms. The van der Waals surface area contributed by atoms with Gasteiger partial charge in [-0.2, -0.15) is 0 Å². The van der Waals surface area contributed by atoms with Crippen LogP contribution in [0.2, 0.25) is 0 Å². The van der Waals surface area contributed by atoms with Crippen molar-refractivity contribution in [1.29, 1.82) is 0 Å². The molecule has 1 nitrogen and oxygen atoms in total. The van der Waals surface area contributed by atoms with E-state index in [0.29, 0.717) is 0 Å². The predicted molar refractivity (Wildman–Crippen MR) is 47.7 cm³/mol. The molecule has 1 saturated carbocycles. The molecule has 66 valence electrons. The Labute approximate surface area is 70.1 Å². The van der Waals surface area contributed by atoms with Crippen molar-refractivity contribution in [3.8, 4) is 0 Å². The van der Waals surface area contributed by atoms with E-state index < -0.39 is 0 Å². The molecule has 0 aromatic rings. The zero-order valence-electron chi connectivity index (χ0n) is 7.64. The van der Waals surface area contributed by atoms with Crippen molar-refractivity contribution in [2.24, 2.45) is 5.92 Å². The van der Waals surface area contributed by atoms with Crippen LogP contribution in [-0.4, -0.2) is 13.2 Å². The second kappa shape index (κ2) is 5.59. The molecular weight excluding hydrogens is 136 g/mol. The van der Waals surface area contributed by atoms with Gasteiger partial charge >= 0.3 is 0 Å². The van der Waals surface area contributed by atoms with Crippen LogP contribution in [0.3, 0.4) is 0 Å². The summed E-state index contributed by atoms with van der Waals surface area (Å²) in [6.07, 6.45) is 8.28. The van der Waals surface area contributed by atoms with Crippen molar-refractivity contribution in [3.63, 3.8) is 0 Å². The Kier molecular flexibility index (Phi) is 4.60. The second-order valence-electron chi connectivity index (χ2n) is 3.55. The summed E-state index contributed by atoms with van der Waals surface area (Å²) >= 11 is 0. The molecule has 0 amide bonds. The first-order valence-electron chi connectivity index (χ1n) is 5.01. The fourth-order valence-corrected chi connectivity index (χ4v) is 1.80. The van der Waals surface area contributed by atoms with E-state index in [0.717, 1.165) is 25.6 Å². The third-order valence-electron chi connectivity index (χ3n) is 2.49. The summed E-state index contributed by atoms with van der Waals surface area (Å²) in [6, 6.07) is 0. The lowest BCUT2D eigenvalue weighted by atomic mass is 10.1. The summed E-state index contributed by atoms with van der Waals surface area (Å²) in [5.74, 6) is 0.992. The van der Waals surface area contributed by atoms with Crippen molar-refractivity contribution in [2.75, 3.05) is 13.2 Å². The Hall–Kier alpha value is -0.0400. The molecule has 0 atom stereocenters. The normalized spacial score (nSPS) is 19.4. The number of rotatable bonds is 5. The average Bonchev–Trinajstić information content (AvgIpc) is 2.50. The highest BCUT2D eigenvalue weighted by Crippen LogP contribution is 2.27. The molecule has 1 rings (SSSR count). The molecule has 1 aliphatic rings. The Morgan fingerprint density at radius 1 is 1.18 bits per heavy atom. The first-order valence-corrected chi connectivity index (χ1v) is 5.01. The lowest BCUT2D eigenvalue weighted by molar-refractivity contribution is 0.121. The molecule has 0 bridgehead atoms. The molecule has 11 heavy (non-hydrogen) atoms. The minimum atomic E-state index is 0.951. The predicted octanol–water partition coefficient (Wildman–Crippen LogP) is 2.99. The standard InChI is InChI=1S/C10H20O/c1-2-8-11-9-7-10-5-3-4-6-10/h10H,2-9H2,1H3. The van der Waals surface area contributed by atoms with Crippen LogP contribution in [0.4, 0.5) is 0 Å². The van der Waals surface area contributed by atoms with Crippen LogP contribution in [0, 0.1) is 5.92 Å². The van der Waals surface area contributed by atoms with Gasteiger partial charge in [-0.15, -0.1) is 0 Å². The minimum Gasteiger partial charge on any atom is -0.381 e. The molecular formula is C10H20O. The topological polar surface area (TPSA) is 9.23 Å². The van der Waals surface area contributed by atoms with Gasteiger partial charge < -0.3 is 4.74 Å². The quantitative estimate of drug-likeness (QED) is 0.556. The zero-order valence-corrected chi connectivity index (χ0v) is 7.64. The van der Waals surface area contributed by atoms with Gasteiger partial charge in [-0.25, -0.2) is 0 Å². The van der Waals surface area contributed by atoms with Crippen LogP contribution in [-0.2, 0) is 4.74 Å². The van der Waals surface area contributed by atoms with E-state index in [-0.39, 0.29) is 0 Å². The van der Waals surface area contributed by atoms with Gasteiger partial charge in [-0.05, 0) is 18.8 Å². The third-order valence-corrected chi connectivity index (χ3v) is 2.49. The van der Waals surface area contributed by atoms with E-state index in [4.69, 9.17) is 4.74 Å². The molecule has 0 heterocycles. The Morgan fingerprint density at radius 3 is 2.55 bits per heavy atom. The summed E-state index contributed by atoms with van der Waals surface area (Å²) < 4.78 is 5.44. The van der Waals surface area contributed by atoms with Crippen LogP contribution in [0.15, 0.2) is 0 Å². The Morgan fingerprint density at radius 2 is 1.91 bits per heavy atom. The zero-order chi connectivity index (χ0) is 7.94. The van der Waals surface area contributed by atoms with Crippen LogP contribution in [0.5, 0.6) is 0 Å². The monoisotopic (exact) mass is 156 g/mol. The molecule has 0 unspecified atom stereocenters. The van der Waals surface area contributed by atoms with Crippen LogP contribution in [0.1, 0.15) is 45.4 Å². The maximum absolute atomic E-state index is 5.44. The number of ether oxygens (including phenoxy) is 1. The summed E-state index contributed by atoms with van der Waals surface area (Å²) in [4.78, 5) is 0. The summed E-state index contributed by atoms with van der Waals surface area (Å²) in [5, 5.41) is 0. The van der Waals surface area contributed by atoms with E-state index >= 15 is 0 Å². The van der Waals surface area contributed by atoms with Crippen molar-refractivity contribution < 1.29 is 4.74 Å². The Balaban J connectivity index is 1.86. The van der Waals surface area contributed by atoms with Gasteiger partial charge in [-0.1, -0.05) is 32.6 Å². The number of hydrogen-bond acceptors (Lipinski definition) is 1. The van der Waals surface area contributed by atoms with Crippen molar-refractivity contribution in [2.45, 2.75) is 45.4 Å². The van der Waals surface area contributed by atoms with Crippen LogP contribution < -0.4 is 0 Å². The van der Waals surface area contributed by atoms with Crippen LogP contribution >= 0.6 is 0 Å². The summed E-state index contributed by atoms with van der Waals surface area (Å²) in [6.45, 7) is 4.11. The maximum Gasteiger partial charge on any atom is 0.0468 e. The van der Waals surface area contributed by atoms with E-state index in [1.54, 1.807) is 0 Å². The smallest absolute Gasteiger partial charge is 0.0468 e. The lowest BCUT2D eigenvalue weighted by Crippen LogP contribution is -2.01. The molecule has 0 radical (unpaired) electrons. The minimum absolute atomic E-state index is 0.951. The largest absolute Gasteiger partial charge is 0.381 e. The first-order chi connectivity index (χ1) is 5.43. The third kappa shape index (κ3) is 3.76. The van der Waals surface area contributed by atoms with E-state index in [2.05, 4.69) is 6.92 Å². The van der Waals surface area contributed by atoms with Crippen molar-refractivity contribution >= 4 is 0 Å². The summed E-state index contributed by atoms with van der Waals surface area (Å²) in [5.41, 5.74) is 0. The second-order valence-corrected chi connectivity index (χ2v) is 3.55. The molecule has 1 fully saturated rings. The number of hydrogen-bond donors (Lipinski definition) is 0. The molecule has 0 saturated heterocycles. The molecule has 0 aliphatic heterocycles. The van der Waals surface area contributed by atoms with Crippen molar-refractivity contribution in [3.05, 3.63) is 0 Å². The SMILES string of the molecule is CCCOCCC1CCCC1. The van der Waals surface area contributed by atoms with Gasteiger partial charge in [0.2, 0.25) is 0 Å². The molecule has 1 heteroatoms. The lowest BCUT2D eigenvalue weighted by Gasteiger charge is -2.07. The van der Waals surface area contributed by atoms with Gasteiger partial charge in [-0.3, -0.25) is 0 Å². The van der Waals surface area contributed by atoms with Gasteiger partial charge in [0.25, 0.3) is 0 Å². The van der Waals surface area contributed by atoms with Gasteiger partial charge in [0.05, 0.1) is 0 Å². The van der Waals surface area contributed by atoms with Gasteiger partial charge in [0.15, 0.2) is 0 Å². The van der Waals surface area contributed by atoms with Crippen molar-refractivity contribution in [1.82, 2.24) is 0 Å². The molecule has 0 aromatic carbocycles. The van der Waals surface area contributed by atoms with E-state index in [1.807, 2.05) is 0 Å². The Bertz CT molecular complexity index is 84.9. The maximum atomic E-state index is 5.44.